The molecule has 2 rings (SSSR count). The molecule has 0 aliphatic carbocycles. The summed E-state index contributed by atoms with van der Waals surface area (Å²) >= 11 is 0. The minimum atomic E-state index is 0. The van der Waals surface area contributed by atoms with Crippen LogP contribution in [0, 0.1) is 0 Å². The van der Waals surface area contributed by atoms with Gasteiger partial charge in [0, 0.05) is 0 Å². The molecular formula is C10H8Na+. The summed E-state index contributed by atoms with van der Waals surface area (Å²) in [7, 11) is 0. The third-order valence-corrected chi connectivity index (χ3v) is 1.66. The summed E-state index contributed by atoms with van der Waals surface area (Å²) in [6.07, 6.45) is 0. The second-order valence-corrected chi connectivity index (χ2v) is 2.35. The number of hydrogen-bond acceptors (Lipinski definition) is 0. The number of rotatable bonds is 0. The van der Waals surface area contributed by atoms with Crippen LogP contribution in [0.4, 0.5) is 0 Å². The van der Waals surface area contributed by atoms with Crippen LogP contribution in [0.25, 0.3) is 10.8 Å². The van der Waals surface area contributed by atoms with E-state index in [-0.39, 0.29) is 29.6 Å². The molecule has 0 amide bonds. The summed E-state index contributed by atoms with van der Waals surface area (Å²) in [5.74, 6) is 0. The molecule has 2 aromatic carbocycles. The van der Waals surface area contributed by atoms with E-state index in [4.69, 9.17) is 0 Å². The van der Waals surface area contributed by atoms with E-state index in [0.717, 1.165) is 0 Å². The Labute approximate surface area is 88.5 Å². The van der Waals surface area contributed by atoms with Crippen molar-refractivity contribution in [1.82, 2.24) is 0 Å². The molecule has 0 atom stereocenters. The fourth-order valence-corrected chi connectivity index (χ4v) is 1.13. The third-order valence-electron chi connectivity index (χ3n) is 1.66. The molecule has 0 nitrogen and oxygen atoms in total. The van der Waals surface area contributed by atoms with Gasteiger partial charge in [-0.25, -0.2) is 0 Å². The molecule has 0 spiro atoms. The van der Waals surface area contributed by atoms with E-state index >= 15 is 0 Å². The quantitative estimate of drug-likeness (QED) is 0.459. The van der Waals surface area contributed by atoms with Gasteiger partial charge in [-0.1, -0.05) is 48.5 Å². The van der Waals surface area contributed by atoms with Gasteiger partial charge < -0.3 is 0 Å². The van der Waals surface area contributed by atoms with Crippen molar-refractivity contribution >= 4 is 10.8 Å². The molecule has 0 aromatic heterocycles. The zero-order chi connectivity index (χ0) is 6.81. The van der Waals surface area contributed by atoms with E-state index in [1.807, 2.05) is 0 Å². The van der Waals surface area contributed by atoms with Crippen molar-refractivity contribution in [2.45, 2.75) is 0 Å². The number of fused-ring (bicyclic) bond motifs is 1. The molecule has 2 aromatic rings. The summed E-state index contributed by atoms with van der Waals surface area (Å²) in [6, 6.07) is 16.7. The molecule has 0 saturated heterocycles. The van der Waals surface area contributed by atoms with Crippen LogP contribution in [0.15, 0.2) is 48.5 Å². The van der Waals surface area contributed by atoms with E-state index in [9.17, 15) is 0 Å². The molecule has 0 heterocycles. The fraction of sp³-hybridized carbons (Fsp3) is 0. The molecule has 0 fully saturated rings. The second kappa shape index (κ2) is 3.91. The SMILES string of the molecule is [Na+].c1ccc2ccccc2c1. The maximum absolute atomic E-state index is 2.12. The Bertz CT molecular complexity index is 276. The van der Waals surface area contributed by atoms with Gasteiger partial charge in [-0.05, 0) is 10.8 Å². The summed E-state index contributed by atoms with van der Waals surface area (Å²) in [6.45, 7) is 0. The van der Waals surface area contributed by atoms with Crippen molar-refractivity contribution in [2.75, 3.05) is 0 Å². The first-order valence-electron chi connectivity index (χ1n) is 3.40. The molecule has 0 bridgehead atoms. The normalized spacial score (nSPS) is 9.09. The van der Waals surface area contributed by atoms with Crippen LogP contribution in [0.2, 0.25) is 0 Å². The maximum atomic E-state index is 2.12. The van der Waals surface area contributed by atoms with Crippen molar-refractivity contribution in [3.63, 3.8) is 0 Å². The van der Waals surface area contributed by atoms with E-state index in [0.29, 0.717) is 0 Å². The summed E-state index contributed by atoms with van der Waals surface area (Å²) in [4.78, 5) is 0. The first kappa shape index (κ1) is 8.79. The second-order valence-electron chi connectivity index (χ2n) is 2.35. The van der Waals surface area contributed by atoms with Gasteiger partial charge in [0.25, 0.3) is 0 Å². The van der Waals surface area contributed by atoms with Gasteiger partial charge in [0.1, 0.15) is 0 Å². The van der Waals surface area contributed by atoms with Crippen molar-refractivity contribution in [1.29, 1.82) is 0 Å². The average Bonchev–Trinajstić information content (AvgIpc) is 2.05. The predicted molar refractivity (Wildman–Crippen MR) is 43.9 cm³/mol. The molecule has 48 valence electrons. The van der Waals surface area contributed by atoms with E-state index in [1.54, 1.807) is 0 Å². The van der Waals surface area contributed by atoms with Crippen molar-refractivity contribution < 1.29 is 29.6 Å². The van der Waals surface area contributed by atoms with Gasteiger partial charge in [0.05, 0.1) is 0 Å². The summed E-state index contributed by atoms with van der Waals surface area (Å²) in [5, 5.41) is 2.62. The minimum Gasteiger partial charge on any atom is -0.0616 e. The molecule has 0 saturated carbocycles. The standard InChI is InChI=1S/C10H8.Na/c1-2-6-10-8-4-3-7-9(10)5-1;/h1-8H;/q;+1. The Kier molecular flexibility index (Phi) is 3.13. The minimum absolute atomic E-state index is 0. The van der Waals surface area contributed by atoms with Gasteiger partial charge >= 0.3 is 29.6 Å². The van der Waals surface area contributed by atoms with Crippen LogP contribution in [0.3, 0.4) is 0 Å². The third kappa shape index (κ3) is 1.84. The Morgan fingerprint density at radius 3 is 1.09 bits per heavy atom. The molecule has 0 radical (unpaired) electrons. The molecule has 0 N–H and O–H groups in total. The zero-order valence-electron chi connectivity index (χ0n) is 6.62. The van der Waals surface area contributed by atoms with E-state index in [2.05, 4.69) is 48.5 Å². The zero-order valence-corrected chi connectivity index (χ0v) is 8.62. The van der Waals surface area contributed by atoms with Gasteiger partial charge in [-0.3, -0.25) is 0 Å². The largest absolute Gasteiger partial charge is 1.00 e. The van der Waals surface area contributed by atoms with Crippen LogP contribution >= 0.6 is 0 Å². The first-order chi connectivity index (χ1) is 4.97. The Hall–Kier alpha value is -0.300. The number of hydrogen-bond donors (Lipinski definition) is 0. The first-order valence-corrected chi connectivity index (χ1v) is 3.40. The Morgan fingerprint density at radius 1 is 0.545 bits per heavy atom. The predicted octanol–water partition coefficient (Wildman–Crippen LogP) is -0.156. The van der Waals surface area contributed by atoms with E-state index < -0.39 is 0 Å². The van der Waals surface area contributed by atoms with Gasteiger partial charge in [-0.15, -0.1) is 0 Å². The van der Waals surface area contributed by atoms with E-state index in [1.165, 1.54) is 10.8 Å². The maximum Gasteiger partial charge on any atom is 1.00 e. The molecule has 0 aliphatic rings. The molecular weight excluding hydrogens is 143 g/mol. The Morgan fingerprint density at radius 2 is 0.818 bits per heavy atom. The molecule has 0 aliphatic heterocycles. The van der Waals surface area contributed by atoms with Crippen LogP contribution in [0.5, 0.6) is 0 Å². The molecule has 1 heteroatoms. The van der Waals surface area contributed by atoms with Gasteiger partial charge in [-0.2, -0.15) is 0 Å². The van der Waals surface area contributed by atoms with Crippen LogP contribution in [-0.4, -0.2) is 0 Å². The summed E-state index contributed by atoms with van der Waals surface area (Å²) < 4.78 is 0. The number of benzene rings is 2. The monoisotopic (exact) mass is 151 g/mol. The molecule has 0 unspecified atom stereocenters. The topological polar surface area (TPSA) is 0 Å². The smallest absolute Gasteiger partial charge is 0.0616 e. The summed E-state index contributed by atoms with van der Waals surface area (Å²) in [5.41, 5.74) is 0. The van der Waals surface area contributed by atoms with Crippen LogP contribution in [0.1, 0.15) is 0 Å². The van der Waals surface area contributed by atoms with Crippen molar-refractivity contribution in [3.8, 4) is 0 Å². The van der Waals surface area contributed by atoms with Crippen molar-refractivity contribution in [2.24, 2.45) is 0 Å². The van der Waals surface area contributed by atoms with Gasteiger partial charge in [0.2, 0.25) is 0 Å². The van der Waals surface area contributed by atoms with Gasteiger partial charge in [0.15, 0.2) is 0 Å². The average molecular weight is 151 g/mol. The van der Waals surface area contributed by atoms with Crippen LogP contribution in [-0.2, 0) is 0 Å². The Balaban J connectivity index is 0.000000605. The molecule has 11 heavy (non-hydrogen) atoms. The van der Waals surface area contributed by atoms with Crippen molar-refractivity contribution in [3.05, 3.63) is 48.5 Å². The fourth-order valence-electron chi connectivity index (χ4n) is 1.13. The van der Waals surface area contributed by atoms with Crippen LogP contribution < -0.4 is 29.6 Å².